The van der Waals surface area contributed by atoms with Gasteiger partial charge in [0.2, 0.25) is 0 Å². The summed E-state index contributed by atoms with van der Waals surface area (Å²) in [5.41, 5.74) is 4.68. The Bertz CT molecular complexity index is 711. The molecule has 3 nitrogen and oxygen atoms in total. The summed E-state index contributed by atoms with van der Waals surface area (Å²) < 4.78 is 2.19. The van der Waals surface area contributed by atoms with Crippen LogP contribution in [0.25, 0.3) is 22.2 Å². The quantitative estimate of drug-likeness (QED) is 0.694. The molecule has 0 saturated heterocycles. The lowest BCUT2D eigenvalue weighted by Gasteiger charge is -2.04. The van der Waals surface area contributed by atoms with Crippen LogP contribution >= 0.6 is 0 Å². The topological polar surface area (TPSA) is 30.7 Å². The molecule has 0 radical (unpaired) electrons. The van der Waals surface area contributed by atoms with Crippen molar-refractivity contribution < 1.29 is 0 Å². The molecule has 3 heteroatoms. The van der Waals surface area contributed by atoms with Gasteiger partial charge >= 0.3 is 0 Å². The molecule has 0 saturated carbocycles. The first-order chi connectivity index (χ1) is 9.16. The number of rotatable bonds is 2. The number of fused-ring (bicyclic) bond motifs is 1. The van der Waals surface area contributed by atoms with Crippen LogP contribution in [0.4, 0.5) is 0 Å². The number of nitrogens with zero attached hydrogens (tertiary/aromatic N) is 3. The fourth-order valence-electron chi connectivity index (χ4n) is 2.49. The summed E-state index contributed by atoms with van der Waals surface area (Å²) in [7, 11) is 2.09. The van der Waals surface area contributed by atoms with Gasteiger partial charge in [-0.2, -0.15) is 0 Å². The first-order valence-corrected chi connectivity index (χ1v) is 6.52. The molecule has 0 aliphatic heterocycles. The van der Waals surface area contributed by atoms with E-state index >= 15 is 0 Å². The molecule has 0 N–H and O–H groups in total. The van der Waals surface area contributed by atoms with E-state index in [0.717, 1.165) is 11.3 Å². The lowest BCUT2D eigenvalue weighted by atomic mass is 10.0. The van der Waals surface area contributed by atoms with Gasteiger partial charge < -0.3 is 4.57 Å². The third kappa shape index (κ3) is 2.01. The van der Waals surface area contributed by atoms with E-state index in [4.69, 9.17) is 0 Å². The molecule has 3 aromatic rings. The van der Waals surface area contributed by atoms with Crippen molar-refractivity contribution in [1.29, 1.82) is 0 Å². The second-order valence-electron chi connectivity index (χ2n) is 5.17. The minimum atomic E-state index is 0.515. The fourth-order valence-corrected chi connectivity index (χ4v) is 2.49. The summed E-state index contributed by atoms with van der Waals surface area (Å²) in [6.07, 6.45) is 7.45. The van der Waals surface area contributed by atoms with Gasteiger partial charge in [0, 0.05) is 42.1 Å². The highest BCUT2D eigenvalue weighted by molar-refractivity contribution is 5.88. The Morgan fingerprint density at radius 3 is 2.68 bits per heavy atom. The van der Waals surface area contributed by atoms with E-state index in [9.17, 15) is 0 Å². The Hall–Kier alpha value is -2.16. The molecule has 0 spiro atoms. The van der Waals surface area contributed by atoms with Gasteiger partial charge in [0.05, 0.1) is 11.9 Å². The summed E-state index contributed by atoms with van der Waals surface area (Å²) in [6.45, 7) is 4.45. The maximum Gasteiger partial charge on any atom is 0.0885 e. The SMILES string of the molecule is CC(C)c1cn(C)c2ccc(-c3cnccn3)cc12. The predicted molar refractivity (Wildman–Crippen MR) is 78.0 cm³/mol. The van der Waals surface area contributed by atoms with Crippen molar-refractivity contribution in [3.8, 4) is 11.3 Å². The van der Waals surface area contributed by atoms with E-state index in [-0.39, 0.29) is 0 Å². The highest BCUT2D eigenvalue weighted by Crippen LogP contribution is 2.30. The van der Waals surface area contributed by atoms with Crippen LogP contribution in [0.2, 0.25) is 0 Å². The van der Waals surface area contributed by atoms with Gasteiger partial charge in [0.15, 0.2) is 0 Å². The van der Waals surface area contributed by atoms with Crippen molar-refractivity contribution in [2.45, 2.75) is 19.8 Å². The van der Waals surface area contributed by atoms with Crippen LogP contribution in [0.15, 0.2) is 43.0 Å². The Labute approximate surface area is 112 Å². The zero-order chi connectivity index (χ0) is 13.4. The number of benzene rings is 1. The molecule has 2 heterocycles. The van der Waals surface area contributed by atoms with E-state index in [1.165, 1.54) is 16.5 Å². The number of aryl methyl sites for hydroxylation is 1. The van der Waals surface area contributed by atoms with Crippen LogP contribution in [0.3, 0.4) is 0 Å². The molecule has 96 valence electrons. The predicted octanol–water partition coefficient (Wildman–Crippen LogP) is 3.76. The van der Waals surface area contributed by atoms with Gasteiger partial charge in [0.25, 0.3) is 0 Å². The summed E-state index contributed by atoms with van der Waals surface area (Å²) in [5, 5.41) is 1.31. The molecule has 0 amide bonds. The molecule has 0 atom stereocenters. The van der Waals surface area contributed by atoms with Gasteiger partial charge in [-0.15, -0.1) is 0 Å². The van der Waals surface area contributed by atoms with Gasteiger partial charge in [-0.3, -0.25) is 9.97 Å². The van der Waals surface area contributed by atoms with Gasteiger partial charge in [-0.1, -0.05) is 19.9 Å². The Balaban J connectivity index is 2.23. The molecule has 0 aliphatic rings. The average Bonchev–Trinajstić information content (AvgIpc) is 2.77. The van der Waals surface area contributed by atoms with E-state index in [0.29, 0.717) is 5.92 Å². The van der Waals surface area contributed by atoms with Crippen LogP contribution in [-0.4, -0.2) is 14.5 Å². The molecule has 2 aromatic heterocycles. The van der Waals surface area contributed by atoms with Gasteiger partial charge in [-0.25, -0.2) is 0 Å². The minimum Gasteiger partial charge on any atom is -0.350 e. The highest BCUT2D eigenvalue weighted by Gasteiger charge is 2.11. The van der Waals surface area contributed by atoms with E-state index in [2.05, 4.69) is 59.8 Å². The number of hydrogen-bond acceptors (Lipinski definition) is 2. The first-order valence-electron chi connectivity index (χ1n) is 6.52. The zero-order valence-corrected chi connectivity index (χ0v) is 11.5. The molecule has 0 aliphatic carbocycles. The third-order valence-corrected chi connectivity index (χ3v) is 3.50. The van der Waals surface area contributed by atoms with Gasteiger partial charge in [0.1, 0.15) is 0 Å². The third-order valence-electron chi connectivity index (χ3n) is 3.50. The molecule has 3 rings (SSSR count). The molecular formula is C16H17N3. The van der Waals surface area contributed by atoms with Crippen molar-refractivity contribution in [1.82, 2.24) is 14.5 Å². The highest BCUT2D eigenvalue weighted by atomic mass is 14.9. The lowest BCUT2D eigenvalue weighted by molar-refractivity contribution is 0.857. The van der Waals surface area contributed by atoms with Crippen LogP contribution in [0, 0.1) is 0 Å². The summed E-state index contributed by atoms with van der Waals surface area (Å²) in [5.74, 6) is 0.515. The molecular weight excluding hydrogens is 234 g/mol. The smallest absolute Gasteiger partial charge is 0.0885 e. The number of aromatic nitrogens is 3. The lowest BCUT2D eigenvalue weighted by Crippen LogP contribution is -1.87. The van der Waals surface area contributed by atoms with Crippen molar-refractivity contribution in [2.24, 2.45) is 7.05 Å². The maximum absolute atomic E-state index is 4.37. The van der Waals surface area contributed by atoms with Crippen LogP contribution < -0.4 is 0 Å². The second-order valence-corrected chi connectivity index (χ2v) is 5.17. The molecule has 1 aromatic carbocycles. The van der Waals surface area contributed by atoms with Gasteiger partial charge in [-0.05, 0) is 23.6 Å². The van der Waals surface area contributed by atoms with E-state index < -0.39 is 0 Å². The summed E-state index contributed by atoms with van der Waals surface area (Å²) in [6, 6.07) is 6.48. The van der Waals surface area contributed by atoms with Crippen LogP contribution in [0.1, 0.15) is 25.3 Å². The zero-order valence-electron chi connectivity index (χ0n) is 11.5. The van der Waals surface area contributed by atoms with Crippen molar-refractivity contribution >= 4 is 10.9 Å². The van der Waals surface area contributed by atoms with E-state index in [1.54, 1.807) is 18.6 Å². The molecule has 0 bridgehead atoms. The molecule has 19 heavy (non-hydrogen) atoms. The molecule has 0 fully saturated rings. The second kappa shape index (κ2) is 4.50. The van der Waals surface area contributed by atoms with Crippen molar-refractivity contribution in [3.63, 3.8) is 0 Å². The number of hydrogen-bond donors (Lipinski definition) is 0. The van der Waals surface area contributed by atoms with Crippen LogP contribution in [0.5, 0.6) is 0 Å². The normalized spacial score (nSPS) is 11.4. The van der Waals surface area contributed by atoms with Crippen LogP contribution in [-0.2, 0) is 7.05 Å². The standard InChI is InChI=1S/C16H17N3/c1-11(2)14-10-19(3)16-5-4-12(8-13(14)16)15-9-17-6-7-18-15/h4-11H,1-3H3. The minimum absolute atomic E-state index is 0.515. The summed E-state index contributed by atoms with van der Waals surface area (Å²) >= 11 is 0. The van der Waals surface area contributed by atoms with E-state index in [1.807, 2.05) is 0 Å². The Morgan fingerprint density at radius 1 is 1.16 bits per heavy atom. The Kier molecular flexibility index (Phi) is 2.82. The molecule has 0 unspecified atom stereocenters. The fraction of sp³-hybridized carbons (Fsp3) is 0.250. The first kappa shape index (κ1) is 11.9. The monoisotopic (exact) mass is 251 g/mol. The van der Waals surface area contributed by atoms with Crippen molar-refractivity contribution in [3.05, 3.63) is 48.5 Å². The maximum atomic E-state index is 4.37. The Morgan fingerprint density at radius 2 is 2.00 bits per heavy atom. The summed E-state index contributed by atoms with van der Waals surface area (Å²) in [4.78, 5) is 8.50. The largest absolute Gasteiger partial charge is 0.350 e. The average molecular weight is 251 g/mol. The van der Waals surface area contributed by atoms with Crippen molar-refractivity contribution in [2.75, 3.05) is 0 Å².